The number of carbonyl (C=O) groups is 4. The molecule has 1 unspecified atom stereocenters. The van der Waals surface area contributed by atoms with Crippen molar-refractivity contribution in [1.82, 2.24) is 25.7 Å². The first-order valence-corrected chi connectivity index (χ1v) is 13.5. The van der Waals surface area contributed by atoms with E-state index in [1.54, 1.807) is 41.3 Å². The maximum Gasteiger partial charge on any atom is 0.328 e. The number of hydrogen-bond donors (Lipinski definition) is 4. The fraction of sp³-hybridized carbons (Fsp3) is 0.296. The van der Waals surface area contributed by atoms with Crippen LogP contribution in [0, 0.1) is 0 Å². The Bertz CT molecular complexity index is 1470. The number of nitrogens with zero attached hydrogens (tertiary/aromatic N) is 2. The van der Waals surface area contributed by atoms with Gasteiger partial charge in [-0.25, -0.2) is 4.79 Å². The molecule has 10 nitrogen and oxygen atoms in total. The van der Waals surface area contributed by atoms with E-state index in [9.17, 15) is 24.3 Å². The minimum Gasteiger partial charge on any atom is -0.480 e. The van der Waals surface area contributed by atoms with Gasteiger partial charge in [-0.05, 0) is 59.9 Å². The average Bonchev–Trinajstić information content (AvgIpc) is 3.41. The molecule has 0 saturated carbocycles. The number of halogens is 3. The molecule has 0 radical (unpaired) electrons. The van der Waals surface area contributed by atoms with Crippen LogP contribution in [-0.2, 0) is 17.8 Å². The van der Waals surface area contributed by atoms with Gasteiger partial charge in [0.1, 0.15) is 11.7 Å². The maximum atomic E-state index is 13.1. The number of carbonyl (C=O) groups excluding carboxylic acids is 3. The molecule has 0 fully saturated rings. The Morgan fingerprint density at radius 1 is 1.07 bits per heavy atom. The predicted molar refractivity (Wildman–Crippen MR) is 150 cm³/mol. The number of amides is 3. The van der Waals surface area contributed by atoms with Crippen LogP contribution in [0.3, 0.4) is 0 Å². The predicted octanol–water partition coefficient (Wildman–Crippen LogP) is 4.30. The van der Waals surface area contributed by atoms with Crippen LogP contribution >= 0.6 is 34.8 Å². The SMILES string of the molecule is CC(C)c1cc(C(=O)NCC(NC(=O)c2c(Cl)cc3c(c2Cl)CCN(C(=O)c2ccc(Cl)cc2)C3)C(=O)O)n[nH]1. The molecule has 4 N–H and O–H groups in total. The lowest BCUT2D eigenvalue weighted by Crippen LogP contribution is -2.48. The van der Waals surface area contributed by atoms with Gasteiger partial charge in [-0.3, -0.25) is 19.5 Å². The maximum absolute atomic E-state index is 13.1. The zero-order valence-electron chi connectivity index (χ0n) is 21.6. The van der Waals surface area contributed by atoms with Crippen LogP contribution in [0.5, 0.6) is 0 Å². The Morgan fingerprint density at radius 2 is 1.77 bits per heavy atom. The lowest BCUT2D eigenvalue weighted by Gasteiger charge is -2.30. The molecular formula is C27H26Cl3N5O5. The fourth-order valence-corrected chi connectivity index (χ4v) is 5.16. The number of carboxylic acids is 1. The van der Waals surface area contributed by atoms with Crippen molar-refractivity contribution < 1.29 is 24.3 Å². The number of aromatic nitrogens is 2. The Labute approximate surface area is 245 Å². The Balaban J connectivity index is 1.45. The Kier molecular flexibility index (Phi) is 9.02. The van der Waals surface area contributed by atoms with Gasteiger partial charge in [0, 0.05) is 35.9 Å². The Hall–Kier alpha value is -3.60. The largest absolute Gasteiger partial charge is 0.480 e. The van der Waals surface area contributed by atoms with Crippen molar-refractivity contribution in [3.05, 3.63) is 85.1 Å². The summed E-state index contributed by atoms with van der Waals surface area (Å²) in [6, 6.07) is 8.24. The fourth-order valence-electron chi connectivity index (χ4n) is 4.27. The first-order chi connectivity index (χ1) is 19.0. The highest BCUT2D eigenvalue weighted by Crippen LogP contribution is 2.35. The van der Waals surface area contributed by atoms with E-state index in [4.69, 9.17) is 34.8 Å². The lowest BCUT2D eigenvalue weighted by molar-refractivity contribution is -0.139. The van der Waals surface area contributed by atoms with Crippen LogP contribution in [-0.4, -0.2) is 63.0 Å². The van der Waals surface area contributed by atoms with E-state index in [1.165, 1.54) is 0 Å². The summed E-state index contributed by atoms with van der Waals surface area (Å²) in [7, 11) is 0. The zero-order chi connectivity index (χ0) is 29.1. The first-order valence-electron chi connectivity index (χ1n) is 12.4. The first kappa shape index (κ1) is 29.4. The third-order valence-electron chi connectivity index (χ3n) is 6.53. The summed E-state index contributed by atoms with van der Waals surface area (Å²) >= 11 is 18.9. The molecule has 4 rings (SSSR count). The summed E-state index contributed by atoms with van der Waals surface area (Å²) in [4.78, 5) is 52.0. The monoisotopic (exact) mass is 605 g/mol. The molecule has 2 heterocycles. The topological polar surface area (TPSA) is 144 Å². The quantitative estimate of drug-likeness (QED) is 0.301. The second kappa shape index (κ2) is 12.3. The van der Waals surface area contributed by atoms with Crippen LogP contribution in [0.4, 0.5) is 0 Å². The summed E-state index contributed by atoms with van der Waals surface area (Å²) in [6.45, 7) is 4.05. The molecule has 40 heavy (non-hydrogen) atoms. The third kappa shape index (κ3) is 6.41. The van der Waals surface area contributed by atoms with Crippen LogP contribution in [0.25, 0.3) is 0 Å². The minimum absolute atomic E-state index is 0.00736. The van der Waals surface area contributed by atoms with E-state index in [1.807, 2.05) is 13.8 Å². The van der Waals surface area contributed by atoms with E-state index >= 15 is 0 Å². The number of H-pyrrole nitrogens is 1. The number of carboxylic acid groups (broad SMARTS) is 1. The van der Waals surface area contributed by atoms with Gasteiger partial charge >= 0.3 is 5.97 Å². The molecule has 0 bridgehead atoms. The van der Waals surface area contributed by atoms with E-state index in [0.717, 1.165) is 5.69 Å². The smallest absolute Gasteiger partial charge is 0.328 e. The normalized spacial score (nSPS) is 13.5. The van der Waals surface area contributed by atoms with Gasteiger partial charge in [0.25, 0.3) is 17.7 Å². The van der Waals surface area contributed by atoms with Crippen molar-refractivity contribution in [3.8, 4) is 0 Å². The van der Waals surface area contributed by atoms with Crippen LogP contribution in [0.2, 0.25) is 15.1 Å². The molecule has 0 spiro atoms. The van der Waals surface area contributed by atoms with Crippen molar-refractivity contribution in [3.63, 3.8) is 0 Å². The van der Waals surface area contributed by atoms with Crippen molar-refractivity contribution in [2.75, 3.05) is 13.1 Å². The molecular weight excluding hydrogens is 581 g/mol. The van der Waals surface area contributed by atoms with E-state index < -0.39 is 30.4 Å². The summed E-state index contributed by atoms with van der Waals surface area (Å²) in [5.41, 5.74) is 2.59. The van der Waals surface area contributed by atoms with E-state index in [0.29, 0.717) is 34.7 Å². The van der Waals surface area contributed by atoms with E-state index in [2.05, 4.69) is 20.8 Å². The summed E-state index contributed by atoms with van der Waals surface area (Å²) in [5, 5.41) is 21.8. The highest BCUT2D eigenvalue weighted by atomic mass is 35.5. The second-order valence-corrected chi connectivity index (χ2v) is 10.8. The number of hydrogen-bond acceptors (Lipinski definition) is 5. The summed E-state index contributed by atoms with van der Waals surface area (Å²) in [5.74, 6) is -2.82. The average molecular weight is 607 g/mol. The highest BCUT2D eigenvalue weighted by molar-refractivity contribution is 6.40. The van der Waals surface area contributed by atoms with Gasteiger partial charge in [-0.2, -0.15) is 5.10 Å². The van der Waals surface area contributed by atoms with Gasteiger partial charge in [0.05, 0.1) is 15.6 Å². The van der Waals surface area contributed by atoms with Crippen LogP contribution in [0.1, 0.15) is 67.8 Å². The Morgan fingerprint density at radius 3 is 2.40 bits per heavy atom. The number of aliphatic carboxylic acids is 1. The second-order valence-electron chi connectivity index (χ2n) is 9.61. The highest BCUT2D eigenvalue weighted by Gasteiger charge is 2.30. The molecule has 1 aliphatic heterocycles. The number of rotatable bonds is 8. The molecule has 210 valence electrons. The molecule has 0 saturated heterocycles. The molecule has 13 heteroatoms. The van der Waals surface area contributed by atoms with Gasteiger partial charge in [-0.15, -0.1) is 0 Å². The van der Waals surface area contributed by atoms with Gasteiger partial charge in [0.15, 0.2) is 0 Å². The molecule has 3 aromatic rings. The number of aromatic amines is 1. The summed E-state index contributed by atoms with van der Waals surface area (Å²) in [6.07, 6.45) is 0.366. The van der Waals surface area contributed by atoms with Crippen molar-refractivity contribution in [1.29, 1.82) is 0 Å². The van der Waals surface area contributed by atoms with Crippen molar-refractivity contribution in [2.24, 2.45) is 0 Å². The molecule has 1 atom stereocenters. The lowest BCUT2D eigenvalue weighted by atomic mass is 9.96. The van der Waals surface area contributed by atoms with Crippen LogP contribution < -0.4 is 10.6 Å². The standard InChI is InChI=1S/C27H26Cl3N5O5/c1-13(2)19-10-20(34-33-19)24(36)31-11-21(27(39)40)32-25(37)22-18(29)9-15-12-35(8-7-17(15)23(22)30)26(38)14-3-5-16(28)6-4-14/h3-6,9-10,13,21H,7-8,11-12H2,1-2H3,(H,31,36)(H,32,37)(H,33,34)(H,39,40). The van der Waals surface area contributed by atoms with Crippen molar-refractivity contribution in [2.45, 2.75) is 38.8 Å². The molecule has 1 aliphatic rings. The number of benzene rings is 2. The van der Waals surface area contributed by atoms with Crippen LogP contribution in [0.15, 0.2) is 36.4 Å². The van der Waals surface area contributed by atoms with Crippen molar-refractivity contribution >= 4 is 58.5 Å². The molecule has 2 aromatic carbocycles. The third-order valence-corrected chi connectivity index (χ3v) is 7.50. The van der Waals surface area contributed by atoms with Gasteiger partial charge < -0.3 is 20.6 Å². The van der Waals surface area contributed by atoms with Gasteiger partial charge in [-0.1, -0.05) is 48.7 Å². The number of fused-ring (bicyclic) bond motifs is 1. The molecule has 0 aliphatic carbocycles. The molecule has 3 amide bonds. The summed E-state index contributed by atoms with van der Waals surface area (Å²) < 4.78 is 0. The number of nitrogens with one attached hydrogen (secondary N) is 3. The van der Waals surface area contributed by atoms with Gasteiger partial charge in [0.2, 0.25) is 0 Å². The molecule has 1 aromatic heterocycles. The zero-order valence-corrected chi connectivity index (χ0v) is 23.8. The minimum atomic E-state index is -1.46. The van der Waals surface area contributed by atoms with E-state index in [-0.39, 0.29) is 39.7 Å².